The molecule has 3 aliphatic rings. The Morgan fingerprint density at radius 2 is 1.81 bits per heavy atom. The molecule has 0 bridgehead atoms. The summed E-state index contributed by atoms with van der Waals surface area (Å²) >= 11 is 2.13. The van der Waals surface area contributed by atoms with Crippen molar-refractivity contribution in [3.05, 3.63) is 57.7 Å². The van der Waals surface area contributed by atoms with E-state index in [0.29, 0.717) is 0 Å². The molecule has 4 amide bonds. The summed E-state index contributed by atoms with van der Waals surface area (Å²) in [6.45, 7) is 2.11. The lowest BCUT2D eigenvalue weighted by atomic mass is 10.0. The fourth-order valence-corrected chi connectivity index (χ4v) is 6.27. The minimum atomic E-state index is -1.80. The number of carboxylic acid groups (broad SMARTS) is 2. The van der Waals surface area contributed by atoms with Crippen molar-refractivity contribution < 1.29 is 43.8 Å². The second-order valence-electron chi connectivity index (χ2n) is 9.78. The van der Waals surface area contributed by atoms with Crippen LogP contribution < -0.4 is 11.1 Å². The highest BCUT2D eigenvalue weighted by atomic mass is 32.2. The molecular weight excluding hydrogens is 592 g/mol. The van der Waals surface area contributed by atoms with Gasteiger partial charge < -0.3 is 26.1 Å². The number of thioether (sulfide) groups is 1. The van der Waals surface area contributed by atoms with Crippen LogP contribution in [0.25, 0.3) is 0 Å². The van der Waals surface area contributed by atoms with Crippen molar-refractivity contribution in [3.8, 4) is 0 Å². The van der Waals surface area contributed by atoms with Crippen LogP contribution in [0.5, 0.6) is 0 Å². The Labute approximate surface area is 245 Å². The predicted molar refractivity (Wildman–Crippen MR) is 147 cm³/mol. The van der Waals surface area contributed by atoms with Gasteiger partial charge in [0.1, 0.15) is 22.8 Å². The highest BCUT2D eigenvalue weighted by Gasteiger charge is 2.55. The predicted octanol–water partition coefficient (Wildman–Crippen LogP) is 0.344. The van der Waals surface area contributed by atoms with Crippen molar-refractivity contribution in [3.63, 3.8) is 0 Å². The number of rotatable bonds is 9. The van der Waals surface area contributed by atoms with E-state index in [4.69, 9.17) is 10.6 Å². The lowest BCUT2D eigenvalue weighted by molar-refractivity contribution is -0.161. The van der Waals surface area contributed by atoms with E-state index < -0.39 is 58.3 Å². The summed E-state index contributed by atoms with van der Waals surface area (Å²) in [7, 11) is 0. The number of hydrogen-bond donors (Lipinski definition) is 4. The average molecular weight is 615 g/mol. The van der Waals surface area contributed by atoms with E-state index in [2.05, 4.69) is 15.5 Å². The van der Waals surface area contributed by atoms with Crippen LogP contribution in [-0.2, 0) is 24.0 Å². The van der Waals surface area contributed by atoms with Gasteiger partial charge in [-0.05, 0) is 31.6 Å². The molecule has 1 fully saturated rings. The number of thiazole rings is 1. The molecule has 5 N–H and O–H groups in total. The summed E-state index contributed by atoms with van der Waals surface area (Å²) in [6.07, 6.45) is 0. The minimum absolute atomic E-state index is 0.0227. The molecule has 4 heterocycles. The number of aromatic nitrogens is 1. The van der Waals surface area contributed by atoms with Crippen LogP contribution in [0.3, 0.4) is 0 Å². The summed E-state index contributed by atoms with van der Waals surface area (Å²) in [5.74, 6) is -5.55. The quantitative estimate of drug-likeness (QED) is 0.130. The van der Waals surface area contributed by atoms with Crippen LogP contribution in [0.15, 0.2) is 46.1 Å². The third-order valence-corrected chi connectivity index (χ3v) is 8.64. The van der Waals surface area contributed by atoms with Crippen molar-refractivity contribution in [2.75, 3.05) is 18.0 Å². The zero-order valence-corrected chi connectivity index (χ0v) is 23.5. The molecule has 0 unspecified atom stereocenters. The van der Waals surface area contributed by atoms with Crippen LogP contribution in [0.1, 0.15) is 40.3 Å². The largest absolute Gasteiger partial charge is 0.478 e. The summed E-state index contributed by atoms with van der Waals surface area (Å²) in [5, 5.41) is 26.1. The normalized spacial score (nSPS) is 20.2. The Hall–Kier alpha value is -4.77. The molecule has 0 saturated carbocycles. The van der Waals surface area contributed by atoms with Gasteiger partial charge in [0.15, 0.2) is 10.8 Å². The van der Waals surface area contributed by atoms with E-state index in [9.17, 15) is 39.0 Å². The topological polar surface area (TPSA) is 222 Å². The molecule has 42 heavy (non-hydrogen) atoms. The standard InChI is InChI=1S/C25H22N6O9S2/c1-25(2,23(38)39)40-29-14(13-9-42-24(26)27-13)17(32)28-15-20(35)31-16(22(36)37)10(8-41-21(15)31)7-30-18(33)11-5-3-4-6-12(11)19(30)34/h3-6,9,15,21H,7-8H2,1-2H3,(H2,26,27)(H,28,32)(H,36,37)(H,38,39)/b29-14-/t15-,21-/m1/s1. The van der Waals surface area contributed by atoms with E-state index in [1.807, 2.05) is 0 Å². The van der Waals surface area contributed by atoms with Gasteiger partial charge in [-0.1, -0.05) is 17.3 Å². The van der Waals surface area contributed by atoms with Gasteiger partial charge >= 0.3 is 11.9 Å². The number of β-lactam (4-membered cyclic amide) rings is 1. The molecule has 218 valence electrons. The molecule has 0 spiro atoms. The molecule has 0 aliphatic carbocycles. The van der Waals surface area contributed by atoms with Gasteiger partial charge in [-0.25, -0.2) is 14.6 Å². The molecule has 15 nitrogen and oxygen atoms in total. The number of nitrogens with zero attached hydrogens (tertiary/aromatic N) is 4. The van der Waals surface area contributed by atoms with E-state index in [1.165, 1.54) is 31.4 Å². The number of benzene rings is 1. The molecular formula is C25H22N6O9S2. The molecule has 0 radical (unpaired) electrons. The van der Waals surface area contributed by atoms with E-state index in [0.717, 1.165) is 32.9 Å². The number of hydrogen-bond acceptors (Lipinski definition) is 12. The third-order valence-electron chi connectivity index (χ3n) is 6.62. The highest BCUT2D eigenvalue weighted by Crippen LogP contribution is 2.41. The third kappa shape index (κ3) is 4.85. The lowest BCUT2D eigenvalue weighted by Crippen LogP contribution is -2.71. The molecule has 1 saturated heterocycles. The number of oxime groups is 1. The van der Waals surface area contributed by atoms with Crippen molar-refractivity contribution in [1.82, 2.24) is 20.1 Å². The van der Waals surface area contributed by atoms with Gasteiger partial charge in [-0.15, -0.1) is 23.1 Å². The number of nitrogen functional groups attached to an aromatic ring is 1. The Morgan fingerprint density at radius 1 is 1.17 bits per heavy atom. The van der Waals surface area contributed by atoms with Gasteiger partial charge in [-0.3, -0.25) is 29.0 Å². The number of carbonyl (C=O) groups is 6. The number of aliphatic carboxylic acids is 2. The van der Waals surface area contributed by atoms with Crippen LogP contribution >= 0.6 is 23.1 Å². The Bertz CT molecular complexity index is 1600. The second-order valence-corrected chi connectivity index (χ2v) is 11.8. The Morgan fingerprint density at radius 3 is 2.36 bits per heavy atom. The summed E-state index contributed by atoms with van der Waals surface area (Å²) in [6, 6.07) is 5.06. The van der Waals surface area contributed by atoms with E-state index >= 15 is 0 Å². The highest BCUT2D eigenvalue weighted by molar-refractivity contribution is 8.00. The Balaban J connectivity index is 1.36. The molecule has 2 aromatic rings. The number of amides is 4. The second kappa shape index (κ2) is 10.6. The number of fused-ring (bicyclic) bond motifs is 2. The molecule has 1 aromatic carbocycles. The van der Waals surface area contributed by atoms with Crippen LogP contribution in [0, 0.1) is 0 Å². The minimum Gasteiger partial charge on any atom is -0.478 e. The number of carboxylic acids is 2. The van der Waals surface area contributed by atoms with Crippen molar-refractivity contribution in [2.24, 2.45) is 5.16 Å². The molecule has 5 rings (SSSR count). The first-order valence-corrected chi connectivity index (χ1v) is 14.1. The fraction of sp³-hybridized carbons (Fsp3) is 0.280. The number of nitrogens with one attached hydrogen (secondary N) is 1. The maximum atomic E-state index is 13.2. The average Bonchev–Trinajstić information content (AvgIpc) is 3.47. The Kier molecular flexibility index (Phi) is 7.23. The van der Waals surface area contributed by atoms with Crippen LogP contribution in [-0.4, -0.2) is 95.6 Å². The van der Waals surface area contributed by atoms with Gasteiger partial charge in [0, 0.05) is 11.1 Å². The lowest BCUT2D eigenvalue weighted by Gasteiger charge is -2.49. The molecule has 1 aromatic heterocycles. The molecule has 17 heteroatoms. The zero-order chi connectivity index (χ0) is 30.5. The number of anilines is 1. The first-order chi connectivity index (χ1) is 19.8. The number of carbonyl (C=O) groups excluding carboxylic acids is 4. The SMILES string of the molecule is CC(C)(O/N=C(\C(=O)N[C@@H]1C(=O)N2C(C(=O)O)=C(CN3C(=O)c4ccccc4C3=O)CS[C@H]12)c1csc(N)n1)C(=O)O. The van der Waals surface area contributed by atoms with Gasteiger partial charge in [-0.2, -0.15) is 0 Å². The van der Waals surface area contributed by atoms with Crippen LogP contribution in [0.2, 0.25) is 0 Å². The summed E-state index contributed by atoms with van der Waals surface area (Å²) < 4.78 is 0. The maximum Gasteiger partial charge on any atom is 0.352 e. The summed E-state index contributed by atoms with van der Waals surface area (Å²) in [5.41, 5.74) is 3.63. The number of nitrogens with two attached hydrogens (primary N) is 1. The first-order valence-electron chi connectivity index (χ1n) is 12.2. The van der Waals surface area contributed by atoms with Crippen molar-refractivity contribution in [2.45, 2.75) is 30.9 Å². The number of imide groups is 1. The van der Waals surface area contributed by atoms with Gasteiger partial charge in [0.05, 0.1) is 17.7 Å². The summed E-state index contributed by atoms with van der Waals surface area (Å²) in [4.78, 5) is 86.7. The van der Waals surface area contributed by atoms with E-state index in [-0.39, 0.29) is 45.5 Å². The van der Waals surface area contributed by atoms with E-state index in [1.54, 1.807) is 12.1 Å². The fourth-order valence-electron chi connectivity index (χ4n) is 4.39. The first kappa shape index (κ1) is 28.7. The molecule has 2 atom stereocenters. The molecule has 3 aliphatic heterocycles. The van der Waals surface area contributed by atoms with Crippen molar-refractivity contribution >= 4 is 69.5 Å². The van der Waals surface area contributed by atoms with Gasteiger partial charge in [0.25, 0.3) is 23.6 Å². The monoisotopic (exact) mass is 614 g/mol. The van der Waals surface area contributed by atoms with Crippen molar-refractivity contribution in [1.29, 1.82) is 0 Å². The maximum absolute atomic E-state index is 13.2. The smallest absolute Gasteiger partial charge is 0.352 e. The zero-order valence-electron chi connectivity index (χ0n) is 21.9. The van der Waals surface area contributed by atoms with Crippen LogP contribution in [0.4, 0.5) is 5.13 Å². The van der Waals surface area contributed by atoms with Gasteiger partial charge in [0.2, 0.25) is 5.60 Å².